The maximum atomic E-state index is 12.1. The molecule has 1 aromatic carbocycles. The largest absolute Gasteiger partial charge is 0.480 e. The van der Waals surface area contributed by atoms with Crippen molar-refractivity contribution < 1.29 is 34.5 Å². The molecule has 0 aliphatic carbocycles. The molecule has 0 saturated carbocycles. The first-order chi connectivity index (χ1) is 14.7. The van der Waals surface area contributed by atoms with Gasteiger partial charge >= 0.3 is 11.9 Å². The van der Waals surface area contributed by atoms with Crippen molar-refractivity contribution in [2.24, 2.45) is 10.7 Å². The lowest BCUT2D eigenvalue weighted by molar-refractivity contribution is -0.139. The molecule has 11 heteroatoms. The van der Waals surface area contributed by atoms with Gasteiger partial charge in [-0.1, -0.05) is 30.3 Å². The van der Waals surface area contributed by atoms with Crippen LogP contribution in [0.3, 0.4) is 0 Å². The van der Waals surface area contributed by atoms with Crippen LogP contribution in [-0.2, 0) is 25.6 Å². The fourth-order valence-electron chi connectivity index (χ4n) is 2.44. The van der Waals surface area contributed by atoms with Gasteiger partial charge in [0.2, 0.25) is 5.91 Å². The molecule has 10 nitrogen and oxygen atoms in total. The van der Waals surface area contributed by atoms with Gasteiger partial charge in [0.05, 0.1) is 6.10 Å². The van der Waals surface area contributed by atoms with Crippen LogP contribution in [-0.4, -0.2) is 75.0 Å². The molecule has 1 rings (SSSR count). The minimum atomic E-state index is -1.41. The third-order valence-electron chi connectivity index (χ3n) is 4.14. The first kappa shape index (κ1) is 26.3. The summed E-state index contributed by atoms with van der Waals surface area (Å²) in [6.07, 6.45) is 0.672. The van der Waals surface area contributed by atoms with Crippen LogP contribution < -0.4 is 11.1 Å². The highest BCUT2D eigenvalue weighted by atomic mass is 32.2. The van der Waals surface area contributed by atoms with Crippen molar-refractivity contribution in [1.29, 1.82) is 0 Å². The van der Waals surface area contributed by atoms with E-state index in [4.69, 9.17) is 15.9 Å². The number of hydrogen-bond acceptors (Lipinski definition) is 7. The van der Waals surface area contributed by atoms with Crippen LogP contribution in [0.4, 0.5) is 0 Å². The van der Waals surface area contributed by atoms with E-state index in [9.17, 15) is 24.3 Å². The van der Waals surface area contributed by atoms with Gasteiger partial charge in [0, 0.05) is 17.9 Å². The van der Waals surface area contributed by atoms with Gasteiger partial charge in [-0.2, -0.15) is 11.8 Å². The number of aliphatic imine (C=N–C) groups is 1. The van der Waals surface area contributed by atoms with Crippen LogP contribution in [0.25, 0.3) is 0 Å². The van der Waals surface area contributed by atoms with Crippen molar-refractivity contribution >= 4 is 41.7 Å². The smallest absolute Gasteiger partial charge is 0.347 e. The van der Waals surface area contributed by atoms with Crippen LogP contribution in [0.15, 0.2) is 35.3 Å². The number of aliphatic hydroxyl groups is 1. The van der Waals surface area contributed by atoms with Gasteiger partial charge in [-0.25, -0.2) is 9.79 Å². The summed E-state index contributed by atoms with van der Waals surface area (Å²) in [7, 11) is 0. The quantitative estimate of drug-likeness (QED) is 0.244. The lowest BCUT2D eigenvalue weighted by Crippen LogP contribution is -2.43. The molecule has 0 spiro atoms. The molecule has 6 N–H and O–H groups in total. The average molecular weight is 454 g/mol. The van der Waals surface area contributed by atoms with Gasteiger partial charge in [0.25, 0.3) is 5.91 Å². The molecular formula is C20H27N3O7S. The minimum absolute atomic E-state index is 0.0644. The van der Waals surface area contributed by atoms with Crippen LogP contribution >= 0.6 is 11.8 Å². The van der Waals surface area contributed by atoms with E-state index in [2.05, 4.69) is 10.3 Å². The van der Waals surface area contributed by atoms with Crippen LogP contribution in [0.5, 0.6) is 0 Å². The van der Waals surface area contributed by atoms with Crippen molar-refractivity contribution in [3.8, 4) is 0 Å². The van der Waals surface area contributed by atoms with Crippen molar-refractivity contribution in [2.75, 3.05) is 11.5 Å². The van der Waals surface area contributed by atoms with Gasteiger partial charge in [-0.3, -0.25) is 14.4 Å². The predicted octanol–water partition coefficient (Wildman–Crippen LogP) is 0.0722. The molecule has 1 aromatic rings. The zero-order valence-corrected chi connectivity index (χ0v) is 17.7. The Morgan fingerprint density at radius 1 is 1.10 bits per heavy atom. The van der Waals surface area contributed by atoms with Crippen molar-refractivity contribution in [1.82, 2.24) is 5.32 Å². The van der Waals surface area contributed by atoms with E-state index in [0.29, 0.717) is 24.8 Å². The Kier molecular flexibility index (Phi) is 12.1. The van der Waals surface area contributed by atoms with E-state index in [-0.39, 0.29) is 18.6 Å². The van der Waals surface area contributed by atoms with E-state index < -0.39 is 41.9 Å². The molecule has 0 unspecified atom stereocenters. The average Bonchev–Trinajstić information content (AvgIpc) is 2.74. The van der Waals surface area contributed by atoms with E-state index >= 15 is 0 Å². The summed E-state index contributed by atoms with van der Waals surface area (Å²) >= 11 is 1.21. The number of carbonyl (C=O) groups excluding carboxylic acids is 2. The summed E-state index contributed by atoms with van der Waals surface area (Å²) in [4.78, 5) is 48.8. The summed E-state index contributed by atoms with van der Waals surface area (Å²) in [6.45, 7) is 0. The van der Waals surface area contributed by atoms with Gasteiger partial charge in [0.15, 0.2) is 0 Å². The number of aliphatic carboxylic acids is 2. The summed E-state index contributed by atoms with van der Waals surface area (Å²) < 4.78 is 0. The number of hydrogen-bond donors (Lipinski definition) is 5. The summed E-state index contributed by atoms with van der Waals surface area (Å²) in [6, 6.07) is 7.33. The zero-order valence-electron chi connectivity index (χ0n) is 16.8. The fourth-order valence-corrected chi connectivity index (χ4v) is 3.48. The molecule has 0 fully saturated rings. The lowest BCUT2D eigenvalue weighted by atomic mass is 10.1. The van der Waals surface area contributed by atoms with E-state index in [0.717, 1.165) is 5.56 Å². The molecule has 0 bridgehead atoms. The van der Waals surface area contributed by atoms with Crippen LogP contribution in [0.1, 0.15) is 24.8 Å². The highest BCUT2D eigenvalue weighted by molar-refractivity contribution is 7.99. The first-order valence-electron chi connectivity index (χ1n) is 9.57. The predicted molar refractivity (Wildman–Crippen MR) is 116 cm³/mol. The Morgan fingerprint density at radius 3 is 2.39 bits per heavy atom. The zero-order chi connectivity index (χ0) is 23.2. The number of nitrogens with one attached hydrogen (secondary N) is 1. The number of carboxylic acid groups (broad SMARTS) is 2. The second-order valence-electron chi connectivity index (χ2n) is 6.75. The number of benzene rings is 1. The Morgan fingerprint density at radius 2 is 1.77 bits per heavy atom. The molecule has 31 heavy (non-hydrogen) atoms. The number of aliphatic hydroxyl groups excluding tert-OH is 1. The Bertz CT molecular complexity index is 773. The van der Waals surface area contributed by atoms with E-state index in [1.54, 1.807) is 0 Å². The number of thioether (sulfide) groups is 1. The molecule has 170 valence electrons. The first-order valence-corrected chi connectivity index (χ1v) is 10.7. The van der Waals surface area contributed by atoms with E-state index in [1.807, 2.05) is 30.3 Å². The Balaban J connectivity index is 2.54. The summed E-state index contributed by atoms with van der Waals surface area (Å²) in [5.41, 5.74) is 6.45. The molecule has 0 aliphatic rings. The third-order valence-corrected chi connectivity index (χ3v) is 5.33. The maximum Gasteiger partial charge on any atom is 0.347 e. The number of carbonyl (C=O) groups is 4. The number of aryl methyl sites for hydroxylation is 1. The number of nitrogens with zero attached hydrogens (tertiary/aromatic N) is 1. The Hall–Kier alpha value is -2.76. The highest BCUT2D eigenvalue weighted by Gasteiger charge is 2.22. The van der Waals surface area contributed by atoms with Crippen molar-refractivity contribution in [2.45, 2.75) is 43.9 Å². The topological polar surface area (TPSA) is 179 Å². The third kappa shape index (κ3) is 11.9. The molecule has 2 amide bonds. The molecule has 3 atom stereocenters. The fraction of sp³-hybridized carbons (Fsp3) is 0.450. The summed E-state index contributed by atoms with van der Waals surface area (Å²) in [5.74, 6) is -3.75. The van der Waals surface area contributed by atoms with Gasteiger partial charge < -0.3 is 26.4 Å². The normalized spacial score (nSPS) is 14.0. The van der Waals surface area contributed by atoms with Gasteiger partial charge in [0.1, 0.15) is 18.3 Å². The molecule has 0 aliphatic heterocycles. The molecule has 0 saturated heterocycles. The number of rotatable bonds is 14. The SMILES string of the molecule is N[C@H](CCC(=O)N[C@@H](CSC[C@H](O)CCc1ccccc1)C(=O)N=CC(=O)O)C(=O)O. The van der Waals surface area contributed by atoms with Crippen molar-refractivity contribution in [3.63, 3.8) is 0 Å². The van der Waals surface area contributed by atoms with Gasteiger partial charge in [-0.15, -0.1) is 0 Å². The minimum Gasteiger partial charge on any atom is -0.480 e. The van der Waals surface area contributed by atoms with Gasteiger partial charge in [-0.05, 0) is 24.8 Å². The molecular weight excluding hydrogens is 426 g/mol. The Labute approximate surface area is 183 Å². The van der Waals surface area contributed by atoms with Crippen molar-refractivity contribution in [3.05, 3.63) is 35.9 Å². The van der Waals surface area contributed by atoms with E-state index in [1.165, 1.54) is 11.8 Å². The number of amides is 2. The lowest BCUT2D eigenvalue weighted by Gasteiger charge is -2.17. The second kappa shape index (κ2) is 14.3. The second-order valence-corrected chi connectivity index (χ2v) is 7.83. The van der Waals surface area contributed by atoms with Crippen LogP contribution in [0.2, 0.25) is 0 Å². The standard InChI is InChI=1S/C20H27N3O7S/c21-15(20(29)30)8-9-17(25)23-16(19(28)22-10-18(26)27)12-31-11-14(24)7-6-13-4-2-1-3-5-13/h1-5,10,14-16,24H,6-9,11-12,21H2,(H,23,25)(H,26,27)(H,29,30)/t14-,15-,16+/m1/s1. The summed E-state index contributed by atoms with van der Waals surface area (Å²) in [5, 5.41) is 30.0. The number of nitrogens with two attached hydrogens (primary N) is 1. The monoisotopic (exact) mass is 453 g/mol. The van der Waals surface area contributed by atoms with Crippen LogP contribution in [0, 0.1) is 0 Å². The number of carboxylic acids is 2. The molecule has 0 aromatic heterocycles. The maximum absolute atomic E-state index is 12.1. The highest BCUT2D eigenvalue weighted by Crippen LogP contribution is 2.12. The molecule has 0 radical (unpaired) electrons. The molecule has 0 heterocycles.